The predicted molar refractivity (Wildman–Crippen MR) is 64.1 cm³/mol. The van der Waals surface area contributed by atoms with Gasteiger partial charge in [0, 0.05) is 26.4 Å². The summed E-state index contributed by atoms with van der Waals surface area (Å²) in [5.41, 5.74) is 0. The van der Waals surface area contributed by atoms with Crippen molar-refractivity contribution in [2.45, 2.75) is 18.7 Å². The molecule has 6 nitrogen and oxygen atoms in total. The Labute approximate surface area is 102 Å². The van der Waals surface area contributed by atoms with E-state index >= 15 is 0 Å². The van der Waals surface area contributed by atoms with Crippen LogP contribution >= 0.6 is 0 Å². The number of sulfonamides is 1. The number of hydrogen-bond donors (Lipinski definition) is 1. The van der Waals surface area contributed by atoms with Gasteiger partial charge in [0.25, 0.3) is 0 Å². The summed E-state index contributed by atoms with van der Waals surface area (Å²) in [6.07, 6.45) is 2.70. The topological polar surface area (TPSA) is 75.3 Å². The molecule has 0 fully saturated rings. The molecule has 1 N–H and O–H groups in total. The first kappa shape index (κ1) is 14.1. The quantitative estimate of drug-likeness (QED) is 0.784. The minimum atomic E-state index is -3.47. The van der Waals surface area contributed by atoms with Crippen molar-refractivity contribution in [1.82, 2.24) is 14.5 Å². The maximum absolute atomic E-state index is 12.2. The monoisotopic (exact) mass is 261 g/mol. The number of hydrogen-bond acceptors (Lipinski definition) is 4. The van der Waals surface area contributed by atoms with E-state index in [2.05, 4.69) is 10.2 Å². The molecule has 0 radical (unpaired) electrons. The molecule has 1 rings (SSSR count). The summed E-state index contributed by atoms with van der Waals surface area (Å²) in [6, 6.07) is 0. The van der Waals surface area contributed by atoms with Crippen LogP contribution in [-0.4, -0.2) is 49.7 Å². The number of H-pyrrole nitrogens is 1. The number of methoxy groups -OCH3 is 1. The Bertz CT molecular complexity index is 414. The molecule has 1 aromatic heterocycles. The lowest BCUT2D eigenvalue weighted by Gasteiger charge is -2.22. The van der Waals surface area contributed by atoms with Crippen molar-refractivity contribution >= 4 is 10.0 Å². The zero-order chi connectivity index (χ0) is 12.9. The summed E-state index contributed by atoms with van der Waals surface area (Å²) >= 11 is 0. The van der Waals surface area contributed by atoms with Crippen LogP contribution < -0.4 is 0 Å². The van der Waals surface area contributed by atoms with E-state index in [1.807, 2.05) is 13.8 Å². The number of nitrogens with zero attached hydrogens (tertiary/aromatic N) is 2. The first-order valence-electron chi connectivity index (χ1n) is 5.46. The highest BCUT2D eigenvalue weighted by molar-refractivity contribution is 7.89. The standard InChI is InChI=1S/C10H19N3O3S/c1-9(2)8-13(4-5-16-3)17(14,15)10-6-11-12-7-10/h6-7,9H,4-5,8H2,1-3H3,(H,11,12). The van der Waals surface area contributed by atoms with E-state index < -0.39 is 10.0 Å². The molecule has 17 heavy (non-hydrogen) atoms. The Morgan fingerprint density at radius 1 is 1.53 bits per heavy atom. The van der Waals surface area contributed by atoms with Crippen molar-refractivity contribution in [3.05, 3.63) is 12.4 Å². The highest BCUT2D eigenvalue weighted by Gasteiger charge is 2.25. The van der Waals surface area contributed by atoms with Gasteiger partial charge in [0.05, 0.1) is 12.8 Å². The van der Waals surface area contributed by atoms with E-state index in [9.17, 15) is 8.42 Å². The van der Waals surface area contributed by atoms with Crippen molar-refractivity contribution in [3.63, 3.8) is 0 Å². The third-order valence-electron chi connectivity index (χ3n) is 2.22. The summed E-state index contributed by atoms with van der Waals surface area (Å²) in [7, 11) is -1.91. The van der Waals surface area contributed by atoms with Crippen LogP contribution in [0.25, 0.3) is 0 Å². The number of aromatic amines is 1. The highest BCUT2D eigenvalue weighted by atomic mass is 32.2. The molecule has 0 saturated heterocycles. The molecule has 98 valence electrons. The molecule has 0 aromatic carbocycles. The molecule has 0 unspecified atom stereocenters. The van der Waals surface area contributed by atoms with Crippen molar-refractivity contribution in [3.8, 4) is 0 Å². The van der Waals surface area contributed by atoms with Crippen LogP contribution in [0.4, 0.5) is 0 Å². The molecule has 0 aliphatic carbocycles. The van der Waals surface area contributed by atoms with Gasteiger partial charge in [-0.25, -0.2) is 8.42 Å². The van der Waals surface area contributed by atoms with E-state index in [4.69, 9.17) is 4.74 Å². The Balaban J connectivity index is 2.88. The number of aromatic nitrogens is 2. The van der Waals surface area contributed by atoms with Crippen LogP contribution in [-0.2, 0) is 14.8 Å². The zero-order valence-corrected chi connectivity index (χ0v) is 11.2. The second kappa shape index (κ2) is 6.13. The Kier molecular flexibility index (Phi) is 5.10. The van der Waals surface area contributed by atoms with Gasteiger partial charge in [0.1, 0.15) is 4.90 Å². The SMILES string of the molecule is COCCN(CC(C)C)S(=O)(=O)c1cn[nH]c1. The highest BCUT2D eigenvalue weighted by Crippen LogP contribution is 2.15. The fourth-order valence-electron chi connectivity index (χ4n) is 1.44. The Hall–Kier alpha value is -0.920. The molecular weight excluding hydrogens is 242 g/mol. The van der Waals surface area contributed by atoms with E-state index in [-0.39, 0.29) is 10.8 Å². The van der Waals surface area contributed by atoms with Gasteiger partial charge in [-0.1, -0.05) is 13.8 Å². The van der Waals surface area contributed by atoms with Gasteiger partial charge in [-0.05, 0) is 5.92 Å². The maximum atomic E-state index is 12.2. The average Bonchev–Trinajstić information content (AvgIpc) is 2.77. The lowest BCUT2D eigenvalue weighted by Crippen LogP contribution is -2.36. The van der Waals surface area contributed by atoms with Gasteiger partial charge < -0.3 is 4.74 Å². The molecule has 0 amide bonds. The predicted octanol–water partition coefficient (Wildman–Crippen LogP) is 0.703. The molecule has 0 aliphatic rings. The summed E-state index contributed by atoms with van der Waals surface area (Å²) in [5, 5.41) is 6.18. The second-order valence-electron chi connectivity index (χ2n) is 4.18. The van der Waals surface area contributed by atoms with E-state index in [0.29, 0.717) is 19.7 Å². The molecular formula is C10H19N3O3S. The molecule has 0 aliphatic heterocycles. The van der Waals surface area contributed by atoms with Crippen LogP contribution in [0.3, 0.4) is 0 Å². The largest absolute Gasteiger partial charge is 0.383 e. The van der Waals surface area contributed by atoms with E-state index in [0.717, 1.165) is 0 Å². The fourth-order valence-corrected chi connectivity index (χ4v) is 2.93. The lowest BCUT2D eigenvalue weighted by atomic mass is 10.2. The summed E-state index contributed by atoms with van der Waals surface area (Å²) in [4.78, 5) is 0.189. The Morgan fingerprint density at radius 3 is 2.71 bits per heavy atom. The number of ether oxygens (including phenoxy) is 1. The average molecular weight is 261 g/mol. The van der Waals surface area contributed by atoms with Crippen LogP contribution in [0, 0.1) is 5.92 Å². The van der Waals surface area contributed by atoms with Crippen molar-refractivity contribution in [2.24, 2.45) is 5.92 Å². The van der Waals surface area contributed by atoms with Crippen molar-refractivity contribution < 1.29 is 13.2 Å². The third-order valence-corrected chi connectivity index (χ3v) is 4.05. The van der Waals surface area contributed by atoms with Gasteiger partial charge in [0.2, 0.25) is 10.0 Å². The van der Waals surface area contributed by atoms with Gasteiger partial charge >= 0.3 is 0 Å². The van der Waals surface area contributed by atoms with Crippen LogP contribution in [0.15, 0.2) is 17.3 Å². The van der Waals surface area contributed by atoms with Crippen LogP contribution in [0.2, 0.25) is 0 Å². The van der Waals surface area contributed by atoms with E-state index in [1.165, 1.54) is 16.7 Å². The van der Waals surface area contributed by atoms with Gasteiger partial charge in [-0.3, -0.25) is 5.10 Å². The molecule has 0 saturated carbocycles. The second-order valence-corrected chi connectivity index (χ2v) is 6.12. The van der Waals surface area contributed by atoms with E-state index in [1.54, 1.807) is 7.11 Å². The number of nitrogens with one attached hydrogen (secondary N) is 1. The smallest absolute Gasteiger partial charge is 0.246 e. The molecule has 0 spiro atoms. The molecule has 7 heteroatoms. The molecule has 0 bridgehead atoms. The van der Waals surface area contributed by atoms with Crippen molar-refractivity contribution in [1.29, 1.82) is 0 Å². The third kappa shape index (κ3) is 3.79. The Morgan fingerprint density at radius 2 is 2.24 bits per heavy atom. The summed E-state index contributed by atoms with van der Waals surface area (Å²) in [5.74, 6) is 0.258. The summed E-state index contributed by atoms with van der Waals surface area (Å²) in [6.45, 7) is 5.15. The van der Waals surface area contributed by atoms with Gasteiger partial charge in [-0.15, -0.1) is 0 Å². The van der Waals surface area contributed by atoms with Gasteiger partial charge in [-0.2, -0.15) is 9.40 Å². The first-order chi connectivity index (χ1) is 7.98. The van der Waals surface area contributed by atoms with Crippen LogP contribution in [0.5, 0.6) is 0 Å². The summed E-state index contributed by atoms with van der Waals surface area (Å²) < 4.78 is 30.8. The van der Waals surface area contributed by atoms with Crippen LogP contribution in [0.1, 0.15) is 13.8 Å². The fraction of sp³-hybridized carbons (Fsp3) is 0.700. The molecule has 1 heterocycles. The van der Waals surface area contributed by atoms with Gasteiger partial charge in [0.15, 0.2) is 0 Å². The minimum Gasteiger partial charge on any atom is -0.383 e. The normalized spacial score (nSPS) is 12.5. The maximum Gasteiger partial charge on any atom is 0.246 e. The van der Waals surface area contributed by atoms with Crippen molar-refractivity contribution in [2.75, 3.05) is 26.8 Å². The minimum absolute atomic E-state index is 0.189. The first-order valence-corrected chi connectivity index (χ1v) is 6.90. The zero-order valence-electron chi connectivity index (χ0n) is 10.4. The lowest BCUT2D eigenvalue weighted by molar-refractivity contribution is 0.175. The molecule has 1 aromatic rings. The number of rotatable bonds is 7. The molecule has 0 atom stereocenters.